The van der Waals surface area contributed by atoms with Gasteiger partial charge in [0.05, 0.1) is 17.5 Å². The number of nitrogens with one attached hydrogen (secondary N) is 2. The number of fused-ring (bicyclic) bond motifs is 1. The summed E-state index contributed by atoms with van der Waals surface area (Å²) in [5, 5.41) is 5.64. The highest BCUT2D eigenvalue weighted by atomic mass is 19.4. The SMILES string of the molecule is CC(=O)Nc1cccc(-c2cnc(Nc3cccc(C(F)(F)F)c3)c3nccn23)c1. The molecule has 2 heterocycles. The molecule has 2 aromatic carbocycles. The van der Waals surface area contributed by atoms with Gasteiger partial charge in [-0.05, 0) is 30.3 Å². The number of carbonyl (C=O) groups excluding carboxylic acids is 1. The zero-order valence-electron chi connectivity index (χ0n) is 15.7. The Kier molecular flexibility index (Phi) is 4.86. The summed E-state index contributed by atoms with van der Waals surface area (Å²) in [5.41, 5.74) is 2.10. The molecule has 0 atom stereocenters. The molecular formula is C21H16F3N5O. The van der Waals surface area contributed by atoms with Crippen molar-refractivity contribution in [3.05, 3.63) is 72.7 Å². The minimum atomic E-state index is -4.43. The van der Waals surface area contributed by atoms with Crippen molar-refractivity contribution in [1.82, 2.24) is 14.4 Å². The van der Waals surface area contributed by atoms with E-state index in [1.807, 2.05) is 6.07 Å². The highest BCUT2D eigenvalue weighted by Crippen LogP contribution is 2.32. The summed E-state index contributed by atoms with van der Waals surface area (Å²) in [6, 6.07) is 12.1. The van der Waals surface area contributed by atoms with Gasteiger partial charge in [-0.15, -0.1) is 0 Å². The predicted octanol–water partition coefficient (Wildman–Crippen LogP) is 5.12. The Morgan fingerprint density at radius 3 is 2.57 bits per heavy atom. The second-order valence-electron chi connectivity index (χ2n) is 6.58. The number of hydrogen-bond acceptors (Lipinski definition) is 4. The number of aromatic nitrogens is 3. The van der Waals surface area contributed by atoms with Gasteiger partial charge in [-0.2, -0.15) is 13.2 Å². The standard InChI is InChI=1S/C21H16F3N5O/c1-13(30)27-16-6-2-4-14(10-16)18-12-26-19(20-25-8-9-29(18)20)28-17-7-3-5-15(11-17)21(22,23)24/h2-12H,1H3,(H,26,28)(H,27,30). The Morgan fingerprint density at radius 2 is 1.80 bits per heavy atom. The number of hydrogen-bond donors (Lipinski definition) is 2. The summed E-state index contributed by atoms with van der Waals surface area (Å²) in [6.07, 6.45) is 0.471. The quantitative estimate of drug-likeness (QED) is 0.489. The molecule has 0 spiro atoms. The summed E-state index contributed by atoms with van der Waals surface area (Å²) in [4.78, 5) is 20.0. The first-order valence-corrected chi connectivity index (χ1v) is 8.95. The third-order valence-corrected chi connectivity index (χ3v) is 4.36. The number of imidazole rings is 1. The molecule has 4 rings (SSSR count). The third kappa shape index (κ3) is 3.95. The molecule has 4 aromatic rings. The third-order valence-electron chi connectivity index (χ3n) is 4.36. The Bertz CT molecular complexity index is 1230. The van der Waals surface area contributed by atoms with E-state index in [0.29, 0.717) is 22.8 Å². The van der Waals surface area contributed by atoms with E-state index in [1.165, 1.54) is 19.1 Å². The summed E-state index contributed by atoms with van der Waals surface area (Å²) >= 11 is 0. The van der Waals surface area contributed by atoms with Crippen molar-refractivity contribution in [3.8, 4) is 11.3 Å². The fourth-order valence-corrected chi connectivity index (χ4v) is 3.09. The lowest BCUT2D eigenvalue weighted by Crippen LogP contribution is -2.06. The summed E-state index contributed by atoms with van der Waals surface area (Å²) in [6.45, 7) is 1.43. The van der Waals surface area contributed by atoms with Crippen LogP contribution in [0, 0.1) is 0 Å². The maximum absolute atomic E-state index is 13.0. The van der Waals surface area contributed by atoms with E-state index < -0.39 is 11.7 Å². The molecule has 9 heteroatoms. The molecule has 2 N–H and O–H groups in total. The fraction of sp³-hybridized carbons (Fsp3) is 0.0952. The van der Waals surface area contributed by atoms with Crippen LogP contribution in [0.4, 0.5) is 30.4 Å². The van der Waals surface area contributed by atoms with Gasteiger partial charge < -0.3 is 10.6 Å². The minimum absolute atomic E-state index is 0.182. The van der Waals surface area contributed by atoms with Crippen molar-refractivity contribution in [1.29, 1.82) is 0 Å². The van der Waals surface area contributed by atoms with Gasteiger partial charge >= 0.3 is 6.18 Å². The molecular weight excluding hydrogens is 395 g/mol. The molecule has 0 saturated carbocycles. The zero-order valence-corrected chi connectivity index (χ0v) is 15.7. The molecule has 2 aromatic heterocycles. The van der Waals surface area contributed by atoms with E-state index in [-0.39, 0.29) is 11.6 Å². The fourth-order valence-electron chi connectivity index (χ4n) is 3.09. The average molecular weight is 411 g/mol. The van der Waals surface area contributed by atoms with Crippen molar-refractivity contribution < 1.29 is 18.0 Å². The van der Waals surface area contributed by atoms with Gasteiger partial charge in [0.1, 0.15) is 0 Å². The molecule has 152 valence electrons. The molecule has 0 aliphatic carbocycles. The maximum atomic E-state index is 13.0. The van der Waals surface area contributed by atoms with Gasteiger partial charge in [-0.25, -0.2) is 9.97 Å². The Hall–Kier alpha value is -3.88. The number of carbonyl (C=O) groups is 1. The van der Waals surface area contributed by atoms with Gasteiger partial charge in [0.15, 0.2) is 11.5 Å². The smallest absolute Gasteiger partial charge is 0.337 e. The van der Waals surface area contributed by atoms with Crippen LogP contribution in [0.3, 0.4) is 0 Å². The predicted molar refractivity (Wildman–Crippen MR) is 107 cm³/mol. The monoisotopic (exact) mass is 411 g/mol. The van der Waals surface area contributed by atoms with Crippen LogP contribution in [0.5, 0.6) is 0 Å². The number of benzene rings is 2. The van der Waals surface area contributed by atoms with Gasteiger partial charge in [0.25, 0.3) is 0 Å². The molecule has 1 amide bonds. The number of nitrogens with zero attached hydrogens (tertiary/aromatic N) is 3. The highest BCUT2D eigenvalue weighted by Gasteiger charge is 2.30. The highest BCUT2D eigenvalue weighted by molar-refractivity contribution is 5.89. The van der Waals surface area contributed by atoms with Crippen molar-refractivity contribution >= 4 is 28.7 Å². The topological polar surface area (TPSA) is 71.3 Å². The second-order valence-corrected chi connectivity index (χ2v) is 6.58. The van der Waals surface area contributed by atoms with E-state index in [4.69, 9.17) is 0 Å². The first kappa shape index (κ1) is 19.4. The van der Waals surface area contributed by atoms with Crippen LogP contribution in [-0.4, -0.2) is 20.3 Å². The molecule has 0 aliphatic rings. The van der Waals surface area contributed by atoms with Crippen LogP contribution in [0.15, 0.2) is 67.1 Å². The van der Waals surface area contributed by atoms with Crippen LogP contribution >= 0.6 is 0 Å². The number of anilines is 3. The first-order valence-electron chi connectivity index (χ1n) is 8.95. The minimum Gasteiger partial charge on any atom is -0.337 e. The van der Waals surface area contributed by atoms with Crippen LogP contribution in [-0.2, 0) is 11.0 Å². The lowest BCUT2D eigenvalue weighted by atomic mass is 10.1. The van der Waals surface area contributed by atoms with E-state index in [9.17, 15) is 18.0 Å². The van der Waals surface area contributed by atoms with Crippen molar-refractivity contribution in [2.45, 2.75) is 13.1 Å². The molecule has 0 fully saturated rings. The molecule has 0 unspecified atom stereocenters. The summed E-state index contributed by atoms with van der Waals surface area (Å²) in [7, 11) is 0. The Balaban J connectivity index is 1.71. The van der Waals surface area contributed by atoms with Crippen molar-refractivity contribution in [3.63, 3.8) is 0 Å². The van der Waals surface area contributed by atoms with Crippen LogP contribution in [0.25, 0.3) is 16.9 Å². The largest absolute Gasteiger partial charge is 0.416 e. The number of rotatable bonds is 4. The molecule has 0 aliphatic heterocycles. The van der Waals surface area contributed by atoms with Crippen molar-refractivity contribution in [2.24, 2.45) is 0 Å². The molecule has 0 saturated heterocycles. The normalized spacial score (nSPS) is 11.5. The van der Waals surface area contributed by atoms with E-state index in [1.54, 1.807) is 41.2 Å². The molecule has 0 bridgehead atoms. The maximum Gasteiger partial charge on any atom is 0.416 e. The Labute approximate surface area is 169 Å². The summed E-state index contributed by atoms with van der Waals surface area (Å²) in [5.74, 6) is 0.139. The van der Waals surface area contributed by atoms with Gasteiger partial charge in [0.2, 0.25) is 5.91 Å². The Morgan fingerprint density at radius 1 is 1.03 bits per heavy atom. The number of amides is 1. The van der Waals surface area contributed by atoms with Crippen LogP contribution < -0.4 is 10.6 Å². The van der Waals surface area contributed by atoms with E-state index in [2.05, 4.69) is 20.6 Å². The van der Waals surface area contributed by atoms with E-state index >= 15 is 0 Å². The van der Waals surface area contributed by atoms with Crippen LogP contribution in [0.2, 0.25) is 0 Å². The van der Waals surface area contributed by atoms with Crippen molar-refractivity contribution in [2.75, 3.05) is 10.6 Å². The molecule has 30 heavy (non-hydrogen) atoms. The lowest BCUT2D eigenvalue weighted by molar-refractivity contribution is -0.137. The molecule has 6 nitrogen and oxygen atoms in total. The first-order chi connectivity index (χ1) is 14.3. The second kappa shape index (κ2) is 7.51. The lowest BCUT2D eigenvalue weighted by Gasteiger charge is -2.13. The van der Waals surface area contributed by atoms with Gasteiger partial charge in [-0.1, -0.05) is 18.2 Å². The summed E-state index contributed by atoms with van der Waals surface area (Å²) < 4.78 is 40.7. The van der Waals surface area contributed by atoms with E-state index in [0.717, 1.165) is 17.7 Å². The van der Waals surface area contributed by atoms with Gasteiger partial charge in [-0.3, -0.25) is 9.20 Å². The van der Waals surface area contributed by atoms with Crippen LogP contribution in [0.1, 0.15) is 12.5 Å². The van der Waals surface area contributed by atoms with Gasteiger partial charge in [0, 0.05) is 36.3 Å². The number of halogens is 3. The zero-order chi connectivity index (χ0) is 21.3. The molecule has 0 radical (unpaired) electrons. The average Bonchev–Trinajstić information content (AvgIpc) is 3.18. The number of alkyl halides is 3.